The molecule has 0 fully saturated rings. The average molecular weight is 262 g/mol. The van der Waals surface area contributed by atoms with E-state index in [1.54, 1.807) is 17.5 Å². The third kappa shape index (κ3) is 1.79. The second kappa shape index (κ2) is 4.05. The zero-order chi connectivity index (χ0) is 11.8. The van der Waals surface area contributed by atoms with E-state index in [0.717, 1.165) is 32.2 Å². The standard InChI is InChI=1S/C11H10N4S2/c1-2-6-9(17-11(12)15-6)10-14-7-3-4-13-5-8(7)16-10/h3-5H,2H2,1H3,(H2,12,15). The number of thiazole rings is 2. The Hall–Kier alpha value is -1.53. The van der Waals surface area contributed by atoms with Crippen LogP contribution in [-0.4, -0.2) is 15.0 Å². The van der Waals surface area contributed by atoms with Crippen LogP contribution in [0.5, 0.6) is 0 Å². The molecule has 0 atom stereocenters. The minimum atomic E-state index is 0.606. The Morgan fingerprint density at radius 3 is 2.94 bits per heavy atom. The lowest BCUT2D eigenvalue weighted by atomic mass is 10.3. The Balaban J connectivity index is 2.19. The van der Waals surface area contributed by atoms with E-state index < -0.39 is 0 Å². The number of nitrogens with two attached hydrogens (primary N) is 1. The van der Waals surface area contributed by atoms with Gasteiger partial charge in [0.25, 0.3) is 0 Å². The highest BCUT2D eigenvalue weighted by molar-refractivity contribution is 7.26. The van der Waals surface area contributed by atoms with E-state index in [4.69, 9.17) is 5.73 Å². The fraction of sp³-hybridized carbons (Fsp3) is 0.182. The molecule has 0 amide bonds. The summed E-state index contributed by atoms with van der Waals surface area (Å²) in [6, 6.07) is 1.92. The van der Waals surface area contributed by atoms with Crippen molar-refractivity contribution in [2.45, 2.75) is 13.3 Å². The van der Waals surface area contributed by atoms with Crippen LogP contribution in [0.15, 0.2) is 18.5 Å². The van der Waals surface area contributed by atoms with Crippen molar-refractivity contribution in [1.29, 1.82) is 0 Å². The van der Waals surface area contributed by atoms with Gasteiger partial charge in [0.2, 0.25) is 0 Å². The highest BCUT2D eigenvalue weighted by Crippen LogP contribution is 2.36. The molecule has 0 unspecified atom stereocenters. The van der Waals surface area contributed by atoms with Crippen molar-refractivity contribution in [3.05, 3.63) is 24.2 Å². The number of aryl methyl sites for hydroxylation is 1. The Kier molecular flexibility index (Phi) is 2.53. The van der Waals surface area contributed by atoms with Crippen LogP contribution in [-0.2, 0) is 6.42 Å². The zero-order valence-corrected chi connectivity index (χ0v) is 10.8. The molecule has 86 valence electrons. The Morgan fingerprint density at radius 1 is 1.29 bits per heavy atom. The van der Waals surface area contributed by atoms with Crippen molar-refractivity contribution in [2.24, 2.45) is 0 Å². The summed E-state index contributed by atoms with van der Waals surface area (Å²) in [7, 11) is 0. The van der Waals surface area contributed by atoms with E-state index >= 15 is 0 Å². The van der Waals surface area contributed by atoms with Gasteiger partial charge >= 0.3 is 0 Å². The van der Waals surface area contributed by atoms with Crippen molar-refractivity contribution in [3.63, 3.8) is 0 Å². The van der Waals surface area contributed by atoms with Gasteiger partial charge < -0.3 is 5.73 Å². The summed E-state index contributed by atoms with van der Waals surface area (Å²) in [4.78, 5) is 14.1. The molecule has 3 aromatic heterocycles. The summed E-state index contributed by atoms with van der Waals surface area (Å²) in [5.74, 6) is 0. The first-order chi connectivity index (χ1) is 8.28. The lowest BCUT2D eigenvalue weighted by Gasteiger charge is -1.92. The third-order valence-corrected chi connectivity index (χ3v) is 4.52. The summed E-state index contributed by atoms with van der Waals surface area (Å²) >= 11 is 3.14. The van der Waals surface area contributed by atoms with E-state index in [0.29, 0.717) is 5.13 Å². The summed E-state index contributed by atoms with van der Waals surface area (Å²) in [6.45, 7) is 2.08. The SMILES string of the molecule is CCc1nc(N)sc1-c1nc2ccncc2s1. The van der Waals surface area contributed by atoms with Crippen molar-refractivity contribution in [2.75, 3.05) is 5.73 Å². The Morgan fingerprint density at radius 2 is 2.18 bits per heavy atom. The van der Waals surface area contributed by atoms with Gasteiger partial charge in [0.1, 0.15) is 5.01 Å². The number of rotatable bonds is 2. The molecule has 17 heavy (non-hydrogen) atoms. The maximum Gasteiger partial charge on any atom is 0.180 e. The summed E-state index contributed by atoms with van der Waals surface area (Å²) < 4.78 is 1.09. The van der Waals surface area contributed by atoms with Gasteiger partial charge in [-0.2, -0.15) is 0 Å². The van der Waals surface area contributed by atoms with Crippen LogP contribution in [0, 0.1) is 0 Å². The zero-order valence-electron chi connectivity index (χ0n) is 9.17. The molecule has 0 aliphatic carbocycles. The van der Waals surface area contributed by atoms with Crippen molar-refractivity contribution in [3.8, 4) is 9.88 Å². The van der Waals surface area contributed by atoms with Crippen LogP contribution in [0.1, 0.15) is 12.6 Å². The van der Waals surface area contributed by atoms with Crippen LogP contribution in [0.4, 0.5) is 5.13 Å². The van der Waals surface area contributed by atoms with Crippen LogP contribution >= 0.6 is 22.7 Å². The van der Waals surface area contributed by atoms with Gasteiger partial charge in [0, 0.05) is 12.4 Å². The van der Waals surface area contributed by atoms with Gasteiger partial charge in [-0.05, 0) is 12.5 Å². The first-order valence-corrected chi connectivity index (χ1v) is 6.87. The van der Waals surface area contributed by atoms with Gasteiger partial charge in [-0.1, -0.05) is 18.3 Å². The van der Waals surface area contributed by atoms with Crippen LogP contribution in [0.3, 0.4) is 0 Å². The molecule has 0 saturated carbocycles. The number of hydrogen-bond donors (Lipinski definition) is 1. The fourth-order valence-electron chi connectivity index (χ4n) is 1.65. The van der Waals surface area contributed by atoms with Gasteiger partial charge in [0.15, 0.2) is 5.13 Å². The number of hydrogen-bond acceptors (Lipinski definition) is 6. The number of nitrogen functional groups attached to an aromatic ring is 1. The van der Waals surface area contributed by atoms with Gasteiger partial charge in [-0.25, -0.2) is 9.97 Å². The monoisotopic (exact) mass is 262 g/mol. The topological polar surface area (TPSA) is 64.7 Å². The predicted molar refractivity (Wildman–Crippen MR) is 72.3 cm³/mol. The lowest BCUT2D eigenvalue weighted by molar-refractivity contribution is 1.07. The minimum absolute atomic E-state index is 0.606. The Labute approximate surface area is 106 Å². The number of pyridine rings is 1. The van der Waals surface area contributed by atoms with E-state index in [9.17, 15) is 0 Å². The molecule has 3 aromatic rings. The largest absolute Gasteiger partial charge is 0.375 e. The first kappa shape index (κ1) is 10.6. The summed E-state index contributed by atoms with van der Waals surface area (Å²) in [5, 5.41) is 1.59. The highest BCUT2D eigenvalue weighted by atomic mass is 32.1. The maximum atomic E-state index is 5.76. The van der Waals surface area contributed by atoms with Gasteiger partial charge in [-0.15, -0.1) is 11.3 Å². The quantitative estimate of drug-likeness (QED) is 0.771. The second-order valence-electron chi connectivity index (χ2n) is 3.54. The molecule has 0 aliphatic rings. The molecule has 2 N–H and O–H groups in total. The molecule has 0 spiro atoms. The number of anilines is 1. The van der Waals surface area contributed by atoms with Gasteiger partial charge in [-0.3, -0.25) is 4.98 Å². The lowest BCUT2D eigenvalue weighted by Crippen LogP contribution is -1.85. The van der Waals surface area contributed by atoms with E-state index in [-0.39, 0.29) is 0 Å². The van der Waals surface area contributed by atoms with Crippen LogP contribution in [0.25, 0.3) is 20.1 Å². The molecule has 3 rings (SSSR count). The molecule has 0 bridgehead atoms. The van der Waals surface area contributed by atoms with Crippen molar-refractivity contribution < 1.29 is 0 Å². The first-order valence-electron chi connectivity index (χ1n) is 5.24. The molecule has 0 radical (unpaired) electrons. The third-order valence-electron chi connectivity index (χ3n) is 2.43. The van der Waals surface area contributed by atoms with Crippen LogP contribution in [0.2, 0.25) is 0 Å². The van der Waals surface area contributed by atoms with Crippen LogP contribution < -0.4 is 5.73 Å². The second-order valence-corrected chi connectivity index (χ2v) is 5.61. The van der Waals surface area contributed by atoms with E-state index in [1.807, 2.05) is 12.3 Å². The normalized spacial score (nSPS) is 11.1. The smallest absolute Gasteiger partial charge is 0.180 e. The fourth-order valence-corrected chi connectivity index (χ4v) is 3.60. The maximum absolute atomic E-state index is 5.76. The molecule has 3 heterocycles. The van der Waals surface area contributed by atoms with Crippen molar-refractivity contribution >= 4 is 38.0 Å². The number of aromatic nitrogens is 3. The predicted octanol–water partition coefficient (Wildman–Crippen LogP) is 2.96. The average Bonchev–Trinajstić information content (AvgIpc) is 2.91. The molecular weight excluding hydrogens is 252 g/mol. The molecule has 0 aliphatic heterocycles. The molecule has 0 aromatic carbocycles. The van der Waals surface area contributed by atoms with Gasteiger partial charge in [0.05, 0.1) is 20.8 Å². The molecule has 0 saturated heterocycles. The van der Waals surface area contributed by atoms with E-state index in [2.05, 4.69) is 21.9 Å². The highest BCUT2D eigenvalue weighted by Gasteiger charge is 2.14. The van der Waals surface area contributed by atoms with E-state index in [1.165, 1.54) is 11.3 Å². The molecule has 6 heteroatoms. The minimum Gasteiger partial charge on any atom is -0.375 e. The van der Waals surface area contributed by atoms with Crippen molar-refractivity contribution in [1.82, 2.24) is 15.0 Å². The summed E-state index contributed by atoms with van der Waals surface area (Å²) in [6.07, 6.45) is 4.47. The number of nitrogens with zero attached hydrogens (tertiary/aromatic N) is 3. The summed E-state index contributed by atoms with van der Waals surface area (Å²) in [5.41, 5.74) is 7.77. The molecule has 4 nitrogen and oxygen atoms in total. The Bertz CT molecular complexity index is 638. The molecular formula is C11H10N4S2. The number of fused-ring (bicyclic) bond motifs is 1.